The van der Waals surface area contributed by atoms with Gasteiger partial charge in [-0.25, -0.2) is 0 Å². The van der Waals surface area contributed by atoms with Crippen molar-refractivity contribution in [2.75, 3.05) is 13.2 Å². The van der Waals surface area contributed by atoms with Gasteiger partial charge in [0.15, 0.2) is 11.5 Å². The molecular weight excluding hydrogens is 232 g/mol. The van der Waals surface area contributed by atoms with Gasteiger partial charge in [0.05, 0.1) is 0 Å². The van der Waals surface area contributed by atoms with E-state index in [1.807, 2.05) is 18.2 Å². The number of fused-ring (bicyclic) bond motifs is 1. The standard InChI is InChI=1S/C8H7BrO2.Mg/c9-6-1-2-7-8(5-6)11-4-3-10-7;/h1-2,5H,3-4H2;/q;+2. The zero-order valence-electron chi connectivity index (χ0n) is 6.55. The fourth-order valence-corrected chi connectivity index (χ4v) is 1.36. The van der Waals surface area contributed by atoms with Crippen LogP contribution in [0, 0.1) is 0 Å². The van der Waals surface area contributed by atoms with E-state index in [0.29, 0.717) is 13.2 Å². The third kappa shape index (κ3) is 2.05. The van der Waals surface area contributed by atoms with E-state index in [1.54, 1.807) is 0 Å². The summed E-state index contributed by atoms with van der Waals surface area (Å²) in [6.45, 7) is 1.29. The summed E-state index contributed by atoms with van der Waals surface area (Å²) in [6.07, 6.45) is 0. The second kappa shape index (κ2) is 4.34. The maximum absolute atomic E-state index is 5.35. The summed E-state index contributed by atoms with van der Waals surface area (Å²) < 4.78 is 11.7. The minimum atomic E-state index is 0. The largest absolute Gasteiger partial charge is 2.00 e. The zero-order chi connectivity index (χ0) is 7.68. The van der Waals surface area contributed by atoms with E-state index in [1.165, 1.54) is 0 Å². The van der Waals surface area contributed by atoms with Gasteiger partial charge >= 0.3 is 23.1 Å². The summed E-state index contributed by atoms with van der Waals surface area (Å²) in [4.78, 5) is 0. The third-order valence-corrected chi connectivity index (χ3v) is 2.00. The number of hydrogen-bond acceptors (Lipinski definition) is 2. The van der Waals surface area contributed by atoms with Gasteiger partial charge in [0.1, 0.15) is 13.2 Å². The first-order chi connectivity index (χ1) is 5.36. The van der Waals surface area contributed by atoms with Crippen molar-refractivity contribution in [3.05, 3.63) is 22.7 Å². The molecule has 0 unspecified atom stereocenters. The van der Waals surface area contributed by atoms with E-state index >= 15 is 0 Å². The predicted octanol–water partition coefficient (Wildman–Crippen LogP) is 1.84. The fraction of sp³-hybridized carbons (Fsp3) is 0.250. The monoisotopic (exact) mass is 238 g/mol. The van der Waals surface area contributed by atoms with Crippen LogP contribution in [0.15, 0.2) is 22.7 Å². The van der Waals surface area contributed by atoms with Crippen molar-refractivity contribution in [2.24, 2.45) is 0 Å². The van der Waals surface area contributed by atoms with Crippen molar-refractivity contribution in [2.45, 2.75) is 0 Å². The van der Waals surface area contributed by atoms with Crippen molar-refractivity contribution in [3.8, 4) is 11.5 Å². The molecule has 0 atom stereocenters. The summed E-state index contributed by atoms with van der Waals surface area (Å²) in [5.41, 5.74) is 0. The summed E-state index contributed by atoms with van der Waals surface area (Å²) in [5.74, 6) is 1.66. The molecule has 0 spiro atoms. The Morgan fingerprint density at radius 1 is 1.08 bits per heavy atom. The Balaban J connectivity index is 0.000000720. The quantitative estimate of drug-likeness (QED) is 0.643. The van der Waals surface area contributed by atoms with Crippen LogP contribution in [0.4, 0.5) is 0 Å². The molecule has 12 heavy (non-hydrogen) atoms. The summed E-state index contributed by atoms with van der Waals surface area (Å²) >= 11 is 3.35. The number of benzene rings is 1. The van der Waals surface area contributed by atoms with E-state index in [2.05, 4.69) is 15.9 Å². The van der Waals surface area contributed by atoms with Crippen LogP contribution in [0.25, 0.3) is 0 Å². The minimum Gasteiger partial charge on any atom is -0.486 e. The van der Waals surface area contributed by atoms with Crippen LogP contribution >= 0.6 is 15.9 Å². The molecule has 1 aliphatic heterocycles. The first-order valence-corrected chi connectivity index (χ1v) is 4.21. The first kappa shape index (κ1) is 10.1. The smallest absolute Gasteiger partial charge is 0.486 e. The van der Waals surface area contributed by atoms with Crippen molar-refractivity contribution in [1.82, 2.24) is 0 Å². The molecule has 1 aromatic carbocycles. The van der Waals surface area contributed by atoms with Gasteiger partial charge in [0, 0.05) is 4.47 Å². The van der Waals surface area contributed by atoms with Crippen LogP contribution in [-0.4, -0.2) is 36.3 Å². The van der Waals surface area contributed by atoms with Crippen LogP contribution in [0.3, 0.4) is 0 Å². The Hall–Kier alpha value is 0.0662. The molecule has 0 saturated heterocycles. The Kier molecular flexibility index (Phi) is 3.67. The van der Waals surface area contributed by atoms with Gasteiger partial charge in [-0.05, 0) is 18.2 Å². The van der Waals surface area contributed by atoms with Gasteiger partial charge < -0.3 is 9.47 Å². The minimum absolute atomic E-state index is 0. The molecule has 1 aromatic rings. The van der Waals surface area contributed by atoms with Crippen LogP contribution in [0.5, 0.6) is 11.5 Å². The molecule has 0 N–H and O–H groups in total. The topological polar surface area (TPSA) is 18.5 Å². The van der Waals surface area contributed by atoms with Crippen molar-refractivity contribution in [1.29, 1.82) is 0 Å². The number of hydrogen-bond donors (Lipinski definition) is 0. The second-order valence-electron chi connectivity index (χ2n) is 2.29. The van der Waals surface area contributed by atoms with Gasteiger partial charge in [-0.3, -0.25) is 0 Å². The summed E-state index contributed by atoms with van der Waals surface area (Å²) in [6, 6.07) is 5.75. The van der Waals surface area contributed by atoms with Crippen molar-refractivity contribution < 1.29 is 9.47 Å². The molecule has 58 valence electrons. The molecule has 1 aliphatic rings. The average Bonchev–Trinajstić information content (AvgIpc) is 2.04. The molecule has 0 saturated carbocycles. The van der Waals surface area contributed by atoms with Crippen molar-refractivity contribution in [3.63, 3.8) is 0 Å². The second-order valence-corrected chi connectivity index (χ2v) is 3.20. The van der Waals surface area contributed by atoms with E-state index < -0.39 is 0 Å². The van der Waals surface area contributed by atoms with Gasteiger partial charge in [-0.1, -0.05) is 15.9 Å². The summed E-state index contributed by atoms with van der Waals surface area (Å²) in [5, 5.41) is 0. The van der Waals surface area contributed by atoms with Crippen LogP contribution < -0.4 is 9.47 Å². The molecule has 4 heteroatoms. The fourth-order valence-electron chi connectivity index (χ4n) is 1.02. The van der Waals surface area contributed by atoms with Crippen LogP contribution in [0.2, 0.25) is 0 Å². The zero-order valence-corrected chi connectivity index (χ0v) is 9.55. The van der Waals surface area contributed by atoms with Gasteiger partial charge in [-0.15, -0.1) is 0 Å². The molecule has 0 amide bonds. The van der Waals surface area contributed by atoms with Crippen LogP contribution in [-0.2, 0) is 0 Å². The molecule has 0 radical (unpaired) electrons. The third-order valence-electron chi connectivity index (χ3n) is 1.50. The van der Waals surface area contributed by atoms with Crippen LogP contribution in [0.1, 0.15) is 0 Å². The molecule has 2 rings (SSSR count). The normalized spacial score (nSPS) is 13.4. The average molecular weight is 239 g/mol. The molecule has 0 fully saturated rings. The Morgan fingerprint density at radius 2 is 1.75 bits per heavy atom. The summed E-state index contributed by atoms with van der Waals surface area (Å²) in [7, 11) is 0. The van der Waals surface area contributed by atoms with E-state index in [4.69, 9.17) is 9.47 Å². The molecule has 0 bridgehead atoms. The first-order valence-electron chi connectivity index (χ1n) is 3.41. The predicted molar refractivity (Wildman–Crippen MR) is 50.9 cm³/mol. The Morgan fingerprint density at radius 3 is 2.50 bits per heavy atom. The number of halogens is 1. The Bertz CT molecular complexity index is 278. The Labute approximate surface area is 95.5 Å². The van der Waals surface area contributed by atoms with Gasteiger partial charge in [0.25, 0.3) is 0 Å². The van der Waals surface area contributed by atoms with E-state index in [9.17, 15) is 0 Å². The maximum Gasteiger partial charge on any atom is 2.00 e. The molecule has 1 heterocycles. The molecule has 2 nitrogen and oxygen atoms in total. The van der Waals surface area contributed by atoms with Gasteiger partial charge in [-0.2, -0.15) is 0 Å². The molecular formula is C8H7BrMgO2+2. The molecule has 0 aliphatic carbocycles. The SMILES string of the molecule is Brc1ccc2c(c1)OCCO2.[Mg+2]. The number of rotatable bonds is 0. The van der Waals surface area contributed by atoms with E-state index in [-0.39, 0.29) is 23.1 Å². The van der Waals surface area contributed by atoms with E-state index in [0.717, 1.165) is 16.0 Å². The van der Waals surface area contributed by atoms with Gasteiger partial charge in [0.2, 0.25) is 0 Å². The molecule has 0 aromatic heterocycles. The van der Waals surface area contributed by atoms with Crippen molar-refractivity contribution >= 4 is 39.0 Å². The maximum atomic E-state index is 5.35. The number of ether oxygens (including phenoxy) is 2.